The van der Waals surface area contributed by atoms with Crippen molar-refractivity contribution in [3.8, 4) is 28.5 Å². The quantitative estimate of drug-likeness (QED) is 0.296. The number of nitriles is 1. The molecule has 5 aromatic rings. The lowest BCUT2D eigenvalue weighted by Crippen LogP contribution is -2.45. The van der Waals surface area contributed by atoms with Crippen molar-refractivity contribution in [2.24, 2.45) is 0 Å². The zero-order valence-electron chi connectivity index (χ0n) is 20.8. The molecule has 0 aliphatic carbocycles. The fraction of sp³-hybridized carbons (Fsp3) is 0.185. The maximum absolute atomic E-state index is 14.0. The van der Waals surface area contributed by atoms with Crippen molar-refractivity contribution in [3.63, 3.8) is 0 Å². The molecular weight excluding hydrogens is 520 g/mol. The number of benzene rings is 2. The summed E-state index contributed by atoms with van der Waals surface area (Å²) in [6, 6.07) is 10.3. The van der Waals surface area contributed by atoms with E-state index in [0.29, 0.717) is 72.2 Å². The van der Waals surface area contributed by atoms with Gasteiger partial charge in [-0.15, -0.1) is 5.10 Å². The molecule has 198 valence electrons. The second kappa shape index (κ2) is 10.5. The molecule has 2 aromatic carbocycles. The van der Waals surface area contributed by atoms with E-state index in [-0.39, 0.29) is 17.2 Å². The van der Waals surface area contributed by atoms with Crippen molar-refractivity contribution in [2.45, 2.75) is 12.6 Å². The van der Waals surface area contributed by atoms with E-state index >= 15 is 0 Å². The number of morpholine rings is 1. The van der Waals surface area contributed by atoms with Crippen LogP contribution >= 0.6 is 0 Å². The van der Waals surface area contributed by atoms with Gasteiger partial charge in [0.05, 0.1) is 42.3 Å². The second-order valence-corrected chi connectivity index (χ2v) is 9.05. The van der Waals surface area contributed by atoms with Crippen LogP contribution in [0.15, 0.2) is 55.0 Å². The molecule has 0 bridgehead atoms. The van der Waals surface area contributed by atoms with Gasteiger partial charge in [-0.1, -0.05) is 11.3 Å². The van der Waals surface area contributed by atoms with Gasteiger partial charge in [-0.05, 0) is 35.9 Å². The molecular formula is C27H19F2N9O2. The molecule has 1 aliphatic heterocycles. The number of halogens is 2. The summed E-state index contributed by atoms with van der Waals surface area (Å²) in [7, 11) is 0. The molecule has 13 heteroatoms. The first-order valence-corrected chi connectivity index (χ1v) is 12.2. The molecule has 0 N–H and O–H groups in total. The summed E-state index contributed by atoms with van der Waals surface area (Å²) in [4.78, 5) is 30.7. The van der Waals surface area contributed by atoms with Gasteiger partial charge in [0, 0.05) is 36.6 Å². The smallest absolute Gasteiger partial charge is 0.225 e. The van der Waals surface area contributed by atoms with Gasteiger partial charge in [-0.25, -0.2) is 33.4 Å². The molecule has 1 saturated heterocycles. The van der Waals surface area contributed by atoms with Crippen molar-refractivity contribution in [1.29, 1.82) is 5.26 Å². The first kappa shape index (κ1) is 25.1. The summed E-state index contributed by atoms with van der Waals surface area (Å²) in [5, 5.41) is 17.4. The standard InChI is InChI=1S/C27H19F2N9O2/c28-22-4-3-17(7-19(22)9-30)24-12-31-25-26(34-24)38(36-35-25)14-21-13-37(5-6-40-21)27-32-10-20(11-33-27)16-1-2-18(15-39)23(29)8-16/h1-4,7-8,10-12,15,21H,5-6,13-14H2. The highest BCUT2D eigenvalue weighted by molar-refractivity contribution is 5.77. The van der Waals surface area contributed by atoms with Crippen LogP contribution in [0.2, 0.25) is 0 Å². The van der Waals surface area contributed by atoms with E-state index < -0.39 is 11.6 Å². The number of ether oxygens (including phenoxy) is 1. The van der Waals surface area contributed by atoms with Gasteiger partial charge in [-0.3, -0.25) is 4.79 Å². The Labute approximate surface area is 225 Å². The van der Waals surface area contributed by atoms with E-state index in [1.807, 2.05) is 11.0 Å². The van der Waals surface area contributed by atoms with E-state index in [9.17, 15) is 13.6 Å². The van der Waals surface area contributed by atoms with E-state index in [1.54, 1.807) is 23.1 Å². The number of anilines is 1. The first-order chi connectivity index (χ1) is 19.5. The Balaban J connectivity index is 1.18. The summed E-state index contributed by atoms with van der Waals surface area (Å²) in [5.74, 6) is -0.710. The van der Waals surface area contributed by atoms with Crippen LogP contribution in [0.4, 0.5) is 14.7 Å². The molecule has 40 heavy (non-hydrogen) atoms. The lowest BCUT2D eigenvalue weighted by atomic mass is 10.1. The fourth-order valence-electron chi connectivity index (χ4n) is 4.43. The van der Waals surface area contributed by atoms with Crippen molar-refractivity contribution in [1.82, 2.24) is 34.9 Å². The SMILES string of the molecule is N#Cc1cc(-c2cnc3nnn(CC4CN(c5ncc(-c6ccc(C=O)c(F)c6)cn5)CCO4)c3n2)ccc1F. The van der Waals surface area contributed by atoms with Crippen LogP contribution in [0.1, 0.15) is 15.9 Å². The minimum absolute atomic E-state index is 0.00777. The molecule has 1 unspecified atom stereocenters. The lowest BCUT2D eigenvalue weighted by molar-refractivity contribution is 0.0273. The number of carbonyl (C=O) groups excluding carboxylic acids is 1. The Kier molecular flexibility index (Phi) is 6.59. The molecule has 11 nitrogen and oxygen atoms in total. The highest BCUT2D eigenvalue weighted by Gasteiger charge is 2.24. The van der Waals surface area contributed by atoms with Crippen LogP contribution in [-0.2, 0) is 11.3 Å². The van der Waals surface area contributed by atoms with Gasteiger partial charge < -0.3 is 9.64 Å². The van der Waals surface area contributed by atoms with Crippen LogP contribution in [0.25, 0.3) is 33.7 Å². The lowest BCUT2D eigenvalue weighted by Gasteiger charge is -2.32. The van der Waals surface area contributed by atoms with Gasteiger partial charge in [0.15, 0.2) is 11.9 Å². The van der Waals surface area contributed by atoms with Crippen LogP contribution in [-0.4, -0.2) is 67.0 Å². The summed E-state index contributed by atoms with van der Waals surface area (Å²) in [5.41, 5.74) is 2.86. The van der Waals surface area contributed by atoms with Crippen molar-refractivity contribution in [2.75, 3.05) is 24.6 Å². The molecule has 1 aliphatic rings. The highest BCUT2D eigenvalue weighted by atomic mass is 19.1. The number of carbonyl (C=O) groups is 1. The Morgan fingerprint density at radius 2 is 1.85 bits per heavy atom. The number of hydrogen-bond donors (Lipinski definition) is 0. The third kappa shape index (κ3) is 4.83. The number of fused-ring (bicyclic) bond motifs is 1. The average Bonchev–Trinajstić information content (AvgIpc) is 3.39. The zero-order chi connectivity index (χ0) is 27.6. The number of hydrogen-bond acceptors (Lipinski definition) is 10. The Hall–Kier alpha value is -5.22. The van der Waals surface area contributed by atoms with E-state index in [1.165, 1.54) is 36.5 Å². The van der Waals surface area contributed by atoms with Crippen molar-refractivity contribution >= 4 is 23.5 Å². The van der Waals surface area contributed by atoms with E-state index in [4.69, 9.17) is 10.00 Å². The van der Waals surface area contributed by atoms with Crippen LogP contribution < -0.4 is 4.90 Å². The molecule has 1 fully saturated rings. The highest BCUT2D eigenvalue weighted by Crippen LogP contribution is 2.24. The Morgan fingerprint density at radius 1 is 1.02 bits per heavy atom. The second-order valence-electron chi connectivity index (χ2n) is 9.05. The van der Waals surface area contributed by atoms with Crippen molar-refractivity contribution in [3.05, 3.63) is 77.8 Å². The van der Waals surface area contributed by atoms with Crippen molar-refractivity contribution < 1.29 is 18.3 Å². The molecule has 3 aromatic heterocycles. The van der Waals surface area contributed by atoms with E-state index in [0.717, 1.165) is 0 Å². The van der Waals surface area contributed by atoms with Gasteiger partial charge in [-0.2, -0.15) is 5.26 Å². The monoisotopic (exact) mass is 539 g/mol. The third-order valence-corrected chi connectivity index (χ3v) is 6.51. The van der Waals surface area contributed by atoms with Crippen LogP contribution in [0.3, 0.4) is 0 Å². The predicted octanol–water partition coefficient (Wildman–Crippen LogP) is 3.21. The van der Waals surface area contributed by atoms with Gasteiger partial charge in [0.25, 0.3) is 0 Å². The molecule has 0 radical (unpaired) electrons. The largest absolute Gasteiger partial charge is 0.373 e. The van der Waals surface area contributed by atoms with Gasteiger partial charge >= 0.3 is 0 Å². The number of nitrogens with zero attached hydrogens (tertiary/aromatic N) is 9. The molecule has 1 atom stereocenters. The van der Waals surface area contributed by atoms with Crippen LogP contribution in [0, 0.1) is 23.0 Å². The Morgan fingerprint density at radius 3 is 2.62 bits per heavy atom. The normalized spacial score (nSPS) is 15.2. The zero-order valence-corrected chi connectivity index (χ0v) is 20.8. The molecule has 0 amide bonds. The molecule has 0 spiro atoms. The topological polar surface area (TPSA) is 136 Å². The average molecular weight is 540 g/mol. The minimum Gasteiger partial charge on any atom is -0.373 e. The minimum atomic E-state index is -0.605. The third-order valence-electron chi connectivity index (χ3n) is 6.51. The first-order valence-electron chi connectivity index (χ1n) is 12.2. The summed E-state index contributed by atoms with van der Waals surface area (Å²) >= 11 is 0. The summed E-state index contributed by atoms with van der Waals surface area (Å²) in [6.07, 6.45) is 4.90. The number of aldehydes is 1. The Bertz CT molecular complexity index is 1770. The summed E-state index contributed by atoms with van der Waals surface area (Å²) < 4.78 is 35.3. The maximum atomic E-state index is 14.0. The molecule has 4 heterocycles. The number of rotatable bonds is 6. The van der Waals surface area contributed by atoms with Gasteiger partial charge in [0.2, 0.25) is 11.6 Å². The molecule has 0 saturated carbocycles. The predicted molar refractivity (Wildman–Crippen MR) is 138 cm³/mol. The maximum Gasteiger partial charge on any atom is 0.225 e. The summed E-state index contributed by atoms with van der Waals surface area (Å²) in [6.45, 7) is 1.81. The fourth-order valence-corrected chi connectivity index (χ4v) is 4.43. The number of aromatic nitrogens is 7. The van der Waals surface area contributed by atoms with Crippen LogP contribution in [0.5, 0.6) is 0 Å². The molecule has 6 rings (SSSR count). The van der Waals surface area contributed by atoms with Gasteiger partial charge in [0.1, 0.15) is 17.7 Å². The van der Waals surface area contributed by atoms with E-state index in [2.05, 4.69) is 30.2 Å².